The zero-order chi connectivity index (χ0) is 29.4. The molecule has 0 saturated heterocycles. The SMILES string of the molecule is CC(C)(C)c1ccc(OCC(=O)N(Cc2ccc(Cl)c(Cl)c2)C(Cc2ccccc2)C(=O)NC2CCCCC2)cc1. The number of benzene rings is 3. The average Bonchev–Trinajstić information content (AvgIpc) is 2.96. The van der Waals surface area contributed by atoms with Gasteiger partial charge in [0.05, 0.1) is 10.0 Å². The summed E-state index contributed by atoms with van der Waals surface area (Å²) in [5.41, 5.74) is 2.95. The molecule has 1 N–H and O–H groups in total. The molecule has 0 spiro atoms. The van der Waals surface area contributed by atoms with E-state index in [1.54, 1.807) is 17.0 Å². The molecule has 0 radical (unpaired) electrons. The van der Waals surface area contributed by atoms with Gasteiger partial charge in [-0.05, 0) is 59.2 Å². The molecular weight excluding hydrogens is 555 g/mol. The van der Waals surface area contributed by atoms with Crippen molar-refractivity contribution in [3.63, 3.8) is 0 Å². The summed E-state index contributed by atoms with van der Waals surface area (Å²) in [4.78, 5) is 29.4. The molecule has 1 saturated carbocycles. The number of rotatable bonds is 10. The Hall–Kier alpha value is -3.02. The number of amides is 2. The van der Waals surface area contributed by atoms with E-state index in [0.29, 0.717) is 22.2 Å². The van der Waals surface area contributed by atoms with Crippen LogP contribution in [-0.2, 0) is 28.0 Å². The zero-order valence-electron chi connectivity index (χ0n) is 24.2. The maximum atomic E-state index is 13.9. The Bertz CT molecular complexity index is 1300. The van der Waals surface area contributed by atoms with Gasteiger partial charge >= 0.3 is 0 Å². The van der Waals surface area contributed by atoms with Gasteiger partial charge in [-0.1, -0.05) is 112 Å². The van der Waals surface area contributed by atoms with Gasteiger partial charge in [0, 0.05) is 19.0 Å². The second-order valence-corrected chi connectivity index (χ2v) is 12.7. The Labute approximate surface area is 254 Å². The van der Waals surface area contributed by atoms with Crippen molar-refractivity contribution in [2.24, 2.45) is 0 Å². The summed E-state index contributed by atoms with van der Waals surface area (Å²) in [5.74, 6) is 0.173. The van der Waals surface area contributed by atoms with Crippen molar-refractivity contribution >= 4 is 35.0 Å². The number of nitrogens with one attached hydrogen (secondary N) is 1. The van der Waals surface area contributed by atoms with E-state index < -0.39 is 6.04 Å². The van der Waals surface area contributed by atoms with Gasteiger partial charge in [0.15, 0.2) is 6.61 Å². The molecule has 0 aliphatic heterocycles. The molecule has 7 heteroatoms. The average molecular weight is 596 g/mol. The molecule has 0 bridgehead atoms. The topological polar surface area (TPSA) is 58.6 Å². The first-order valence-electron chi connectivity index (χ1n) is 14.4. The summed E-state index contributed by atoms with van der Waals surface area (Å²) < 4.78 is 5.96. The zero-order valence-corrected chi connectivity index (χ0v) is 25.7. The number of hydrogen-bond acceptors (Lipinski definition) is 3. The predicted octanol–water partition coefficient (Wildman–Crippen LogP) is 7.76. The summed E-state index contributed by atoms with van der Waals surface area (Å²) in [6.45, 7) is 6.45. The number of carbonyl (C=O) groups is 2. The van der Waals surface area contributed by atoms with Crippen LogP contribution in [0.15, 0.2) is 72.8 Å². The van der Waals surface area contributed by atoms with Gasteiger partial charge in [0.2, 0.25) is 5.91 Å². The lowest BCUT2D eigenvalue weighted by atomic mass is 9.87. The molecule has 5 nitrogen and oxygen atoms in total. The fourth-order valence-corrected chi connectivity index (χ4v) is 5.53. The Kier molecular flexibility index (Phi) is 10.7. The highest BCUT2D eigenvalue weighted by atomic mass is 35.5. The van der Waals surface area contributed by atoms with E-state index in [4.69, 9.17) is 27.9 Å². The number of halogens is 2. The number of nitrogens with zero attached hydrogens (tertiary/aromatic N) is 1. The van der Waals surface area contributed by atoms with Crippen molar-refractivity contribution in [2.75, 3.05) is 6.61 Å². The predicted molar refractivity (Wildman–Crippen MR) is 167 cm³/mol. The van der Waals surface area contributed by atoms with Crippen LogP contribution in [-0.4, -0.2) is 35.4 Å². The second-order valence-electron chi connectivity index (χ2n) is 11.9. The highest BCUT2D eigenvalue weighted by Crippen LogP contribution is 2.26. The van der Waals surface area contributed by atoms with E-state index >= 15 is 0 Å². The van der Waals surface area contributed by atoms with E-state index in [2.05, 4.69) is 26.1 Å². The van der Waals surface area contributed by atoms with Crippen LogP contribution in [0.1, 0.15) is 69.6 Å². The van der Waals surface area contributed by atoms with Crippen LogP contribution in [0.25, 0.3) is 0 Å². The van der Waals surface area contributed by atoms with E-state index in [-0.39, 0.29) is 36.4 Å². The van der Waals surface area contributed by atoms with Crippen LogP contribution in [0, 0.1) is 0 Å². The molecule has 0 aromatic heterocycles. The lowest BCUT2D eigenvalue weighted by Crippen LogP contribution is -2.53. The van der Waals surface area contributed by atoms with E-state index in [1.165, 1.54) is 12.0 Å². The quantitative estimate of drug-likeness (QED) is 0.261. The third-order valence-electron chi connectivity index (χ3n) is 7.64. The second kappa shape index (κ2) is 14.2. The van der Waals surface area contributed by atoms with Crippen molar-refractivity contribution in [1.29, 1.82) is 0 Å². The number of carbonyl (C=O) groups excluding carboxylic acids is 2. The lowest BCUT2D eigenvalue weighted by molar-refractivity contribution is -0.143. The van der Waals surface area contributed by atoms with Crippen LogP contribution in [0.2, 0.25) is 10.0 Å². The van der Waals surface area contributed by atoms with Crippen molar-refractivity contribution in [3.8, 4) is 5.75 Å². The molecule has 0 heterocycles. The molecule has 1 unspecified atom stereocenters. The Balaban J connectivity index is 1.60. The van der Waals surface area contributed by atoms with E-state index in [9.17, 15) is 9.59 Å². The molecule has 218 valence electrons. The fourth-order valence-electron chi connectivity index (χ4n) is 5.21. The minimum Gasteiger partial charge on any atom is -0.484 e. The minimum atomic E-state index is -0.729. The summed E-state index contributed by atoms with van der Waals surface area (Å²) in [7, 11) is 0. The first kappa shape index (κ1) is 30.9. The Morgan fingerprint density at radius 2 is 1.59 bits per heavy atom. The van der Waals surface area contributed by atoms with Gasteiger partial charge in [0.25, 0.3) is 5.91 Å². The molecule has 41 heavy (non-hydrogen) atoms. The van der Waals surface area contributed by atoms with Gasteiger partial charge in [-0.15, -0.1) is 0 Å². The Morgan fingerprint density at radius 3 is 2.22 bits per heavy atom. The lowest BCUT2D eigenvalue weighted by Gasteiger charge is -2.33. The normalized spacial score (nSPS) is 14.8. The molecule has 1 aliphatic rings. The monoisotopic (exact) mass is 594 g/mol. The van der Waals surface area contributed by atoms with Crippen LogP contribution < -0.4 is 10.1 Å². The highest BCUT2D eigenvalue weighted by Gasteiger charge is 2.32. The van der Waals surface area contributed by atoms with Gasteiger partial charge in [0.1, 0.15) is 11.8 Å². The standard InChI is InChI=1S/C34H40Cl2N2O3/c1-34(2,3)26-15-17-28(18-16-26)41-23-32(39)38(22-25-14-19-29(35)30(36)20-25)31(21-24-10-6-4-7-11-24)33(40)37-27-12-8-5-9-13-27/h4,6-7,10-11,14-20,27,31H,5,8-9,12-13,21-23H2,1-3H3,(H,37,40). The molecule has 2 amide bonds. The van der Waals surface area contributed by atoms with Gasteiger partial charge in [-0.25, -0.2) is 0 Å². The first-order valence-corrected chi connectivity index (χ1v) is 15.2. The van der Waals surface area contributed by atoms with Crippen molar-refractivity contribution in [3.05, 3.63) is 99.5 Å². The maximum Gasteiger partial charge on any atom is 0.261 e. The molecule has 3 aromatic carbocycles. The molecule has 3 aromatic rings. The minimum absolute atomic E-state index is 0.0152. The molecule has 1 atom stereocenters. The molecular formula is C34H40Cl2N2O3. The largest absolute Gasteiger partial charge is 0.484 e. The van der Waals surface area contributed by atoms with Gasteiger partial charge in [-0.3, -0.25) is 9.59 Å². The third-order valence-corrected chi connectivity index (χ3v) is 8.38. The summed E-state index contributed by atoms with van der Waals surface area (Å²) in [6, 6.07) is 22.3. The molecule has 4 rings (SSSR count). The molecule has 1 aliphatic carbocycles. The maximum absolute atomic E-state index is 13.9. The van der Waals surface area contributed by atoms with E-state index in [0.717, 1.165) is 36.8 Å². The number of hydrogen-bond donors (Lipinski definition) is 1. The number of ether oxygens (including phenoxy) is 1. The summed E-state index contributed by atoms with van der Waals surface area (Å²) >= 11 is 12.5. The van der Waals surface area contributed by atoms with Crippen molar-refractivity contribution < 1.29 is 14.3 Å². The van der Waals surface area contributed by atoms with Crippen LogP contribution >= 0.6 is 23.2 Å². The fraction of sp³-hybridized carbons (Fsp3) is 0.412. The van der Waals surface area contributed by atoms with Gasteiger partial charge < -0.3 is 15.0 Å². The van der Waals surface area contributed by atoms with Gasteiger partial charge in [-0.2, -0.15) is 0 Å². The highest BCUT2D eigenvalue weighted by molar-refractivity contribution is 6.42. The van der Waals surface area contributed by atoms with Crippen molar-refractivity contribution in [1.82, 2.24) is 10.2 Å². The Morgan fingerprint density at radius 1 is 0.902 bits per heavy atom. The smallest absolute Gasteiger partial charge is 0.261 e. The van der Waals surface area contributed by atoms with Crippen LogP contribution in [0.4, 0.5) is 0 Å². The first-order chi connectivity index (χ1) is 19.6. The van der Waals surface area contributed by atoms with E-state index in [1.807, 2.05) is 60.7 Å². The van der Waals surface area contributed by atoms with Crippen LogP contribution in [0.5, 0.6) is 5.75 Å². The summed E-state index contributed by atoms with van der Waals surface area (Å²) in [5, 5.41) is 4.09. The van der Waals surface area contributed by atoms with Crippen LogP contribution in [0.3, 0.4) is 0 Å². The summed E-state index contributed by atoms with van der Waals surface area (Å²) in [6.07, 6.45) is 5.68. The third kappa shape index (κ3) is 8.98. The molecule has 1 fully saturated rings. The van der Waals surface area contributed by atoms with Crippen molar-refractivity contribution in [2.45, 2.75) is 83.3 Å².